The Bertz CT molecular complexity index is 373. The molecule has 0 aliphatic rings. The van der Waals surface area contributed by atoms with E-state index in [2.05, 4.69) is 0 Å². The summed E-state index contributed by atoms with van der Waals surface area (Å²) < 4.78 is 2.90. The Kier molecular flexibility index (Phi) is 1.60. The normalized spacial score (nSPS) is 10.5. The zero-order valence-electron chi connectivity index (χ0n) is 5.40. The van der Waals surface area contributed by atoms with E-state index in [9.17, 15) is 4.79 Å². The molecular formula is C7H4O2SSe. The Labute approximate surface area is 72.8 Å². The van der Waals surface area contributed by atoms with Gasteiger partial charge in [-0.15, -0.1) is 0 Å². The van der Waals surface area contributed by atoms with Gasteiger partial charge < -0.3 is 0 Å². The number of aromatic carboxylic acids is 1. The number of thiophene rings is 1. The molecule has 0 radical (unpaired) electrons. The molecule has 0 atom stereocenters. The van der Waals surface area contributed by atoms with Gasteiger partial charge in [0.2, 0.25) is 0 Å². The molecule has 0 saturated heterocycles. The van der Waals surface area contributed by atoms with Crippen LogP contribution in [0, 0.1) is 0 Å². The minimum atomic E-state index is -0.770. The molecule has 0 spiro atoms. The first-order valence-corrected chi connectivity index (χ1v) is 5.57. The van der Waals surface area contributed by atoms with Gasteiger partial charge in [-0.1, -0.05) is 0 Å². The fourth-order valence-electron chi connectivity index (χ4n) is 0.871. The van der Waals surface area contributed by atoms with Crippen LogP contribution in [-0.4, -0.2) is 25.6 Å². The first kappa shape index (κ1) is 7.10. The van der Waals surface area contributed by atoms with Gasteiger partial charge in [0.25, 0.3) is 0 Å². The predicted molar refractivity (Wildman–Crippen MR) is 45.7 cm³/mol. The molecule has 1 N–H and O–H groups in total. The molecule has 0 unspecified atom stereocenters. The van der Waals surface area contributed by atoms with Gasteiger partial charge in [-0.2, -0.15) is 0 Å². The topological polar surface area (TPSA) is 37.3 Å². The second kappa shape index (κ2) is 2.48. The third-order valence-corrected chi connectivity index (χ3v) is 4.79. The number of rotatable bonds is 1. The molecule has 2 heterocycles. The maximum atomic E-state index is 10.5. The van der Waals surface area contributed by atoms with Crippen molar-refractivity contribution in [3.8, 4) is 0 Å². The second-order valence-electron chi connectivity index (χ2n) is 2.06. The van der Waals surface area contributed by atoms with E-state index in [0.717, 1.165) is 4.70 Å². The van der Waals surface area contributed by atoms with Crippen molar-refractivity contribution in [3.63, 3.8) is 0 Å². The molecular weight excluding hydrogens is 227 g/mol. The molecule has 0 saturated carbocycles. The fourth-order valence-corrected chi connectivity index (χ4v) is 4.15. The Morgan fingerprint density at radius 1 is 1.64 bits per heavy atom. The second-order valence-corrected chi connectivity index (χ2v) is 5.29. The maximum absolute atomic E-state index is 10.5. The van der Waals surface area contributed by atoms with E-state index in [0.29, 0.717) is 4.44 Å². The molecule has 4 heteroatoms. The average Bonchev–Trinajstić information content (AvgIpc) is 2.40. The standard InChI is InChI=1S/C7H4O2SSe/c8-7(9)6-3-4-5(11-6)1-2-10-4/h1-3H,(H,8,9). The van der Waals surface area contributed by atoms with E-state index < -0.39 is 5.97 Å². The zero-order valence-corrected chi connectivity index (χ0v) is 7.93. The van der Waals surface area contributed by atoms with Crippen LogP contribution in [0.15, 0.2) is 17.5 Å². The van der Waals surface area contributed by atoms with E-state index in [-0.39, 0.29) is 14.5 Å². The molecule has 0 bridgehead atoms. The zero-order chi connectivity index (χ0) is 7.84. The molecule has 0 aliphatic carbocycles. The van der Waals surface area contributed by atoms with Gasteiger partial charge >= 0.3 is 72.6 Å². The van der Waals surface area contributed by atoms with Crippen molar-refractivity contribution in [2.24, 2.45) is 0 Å². The van der Waals surface area contributed by atoms with Gasteiger partial charge in [-0.25, -0.2) is 0 Å². The van der Waals surface area contributed by atoms with Crippen LogP contribution in [0.25, 0.3) is 8.96 Å². The van der Waals surface area contributed by atoms with Crippen LogP contribution in [0.5, 0.6) is 0 Å². The summed E-state index contributed by atoms with van der Waals surface area (Å²) in [6.45, 7) is 0. The molecule has 11 heavy (non-hydrogen) atoms. The third-order valence-electron chi connectivity index (χ3n) is 1.35. The van der Waals surface area contributed by atoms with Gasteiger partial charge in [0.05, 0.1) is 0 Å². The summed E-state index contributed by atoms with van der Waals surface area (Å²) in [7, 11) is 0. The SMILES string of the molecule is O=C(O)c1cc2sccc2[se]1. The Balaban J connectivity index is 2.67. The predicted octanol–water partition coefficient (Wildman–Crippen LogP) is 1.66. The van der Waals surface area contributed by atoms with E-state index in [1.165, 1.54) is 4.26 Å². The Morgan fingerprint density at radius 3 is 3.09 bits per heavy atom. The quantitative estimate of drug-likeness (QED) is 0.758. The van der Waals surface area contributed by atoms with Crippen LogP contribution in [0.1, 0.15) is 9.23 Å². The molecule has 0 aliphatic heterocycles. The Morgan fingerprint density at radius 2 is 2.45 bits per heavy atom. The van der Waals surface area contributed by atoms with E-state index >= 15 is 0 Å². The summed E-state index contributed by atoms with van der Waals surface area (Å²) in [5.74, 6) is -0.770. The van der Waals surface area contributed by atoms with Crippen molar-refractivity contribution in [3.05, 3.63) is 22.0 Å². The average molecular weight is 231 g/mol. The number of fused-ring (bicyclic) bond motifs is 1. The first-order chi connectivity index (χ1) is 5.27. The summed E-state index contributed by atoms with van der Waals surface area (Å²) in [6.07, 6.45) is 0. The van der Waals surface area contributed by atoms with Gasteiger partial charge in [0, 0.05) is 0 Å². The number of carbonyl (C=O) groups is 1. The van der Waals surface area contributed by atoms with Crippen LogP contribution in [0.2, 0.25) is 0 Å². The summed E-state index contributed by atoms with van der Waals surface area (Å²) in [4.78, 5) is 10.5. The van der Waals surface area contributed by atoms with E-state index in [1.807, 2.05) is 11.4 Å². The van der Waals surface area contributed by atoms with Crippen molar-refractivity contribution >= 4 is 40.8 Å². The molecule has 0 fully saturated rings. The van der Waals surface area contributed by atoms with Gasteiger partial charge in [-0.3, -0.25) is 0 Å². The van der Waals surface area contributed by atoms with Crippen molar-refractivity contribution in [1.29, 1.82) is 0 Å². The van der Waals surface area contributed by atoms with E-state index in [1.54, 1.807) is 17.4 Å². The van der Waals surface area contributed by atoms with Crippen molar-refractivity contribution in [2.45, 2.75) is 0 Å². The first-order valence-electron chi connectivity index (χ1n) is 2.98. The van der Waals surface area contributed by atoms with Gasteiger partial charge in [-0.05, 0) is 0 Å². The van der Waals surface area contributed by atoms with Gasteiger partial charge in [0.15, 0.2) is 0 Å². The van der Waals surface area contributed by atoms with Crippen LogP contribution >= 0.6 is 11.3 Å². The Hall–Kier alpha value is -0.571. The number of carboxylic acid groups (broad SMARTS) is 1. The number of hydrogen-bond donors (Lipinski definition) is 1. The molecule has 2 aromatic heterocycles. The molecule has 2 rings (SSSR count). The van der Waals surface area contributed by atoms with Crippen LogP contribution < -0.4 is 0 Å². The molecule has 0 aromatic carbocycles. The van der Waals surface area contributed by atoms with Crippen molar-refractivity contribution in [1.82, 2.24) is 0 Å². The number of hydrogen-bond acceptors (Lipinski definition) is 2. The fraction of sp³-hybridized carbons (Fsp3) is 0. The van der Waals surface area contributed by atoms with Crippen LogP contribution in [0.4, 0.5) is 0 Å². The molecule has 0 amide bonds. The minimum absolute atomic E-state index is 0.0428. The monoisotopic (exact) mass is 232 g/mol. The van der Waals surface area contributed by atoms with Gasteiger partial charge in [0.1, 0.15) is 0 Å². The summed E-state index contributed by atoms with van der Waals surface area (Å²) >= 11 is 1.65. The van der Waals surface area contributed by atoms with Crippen molar-refractivity contribution < 1.29 is 9.90 Å². The molecule has 2 nitrogen and oxygen atoms in total. The van der Waals surface area contributed by atoms with E-state index in [4.69, 9.17) is 5.11 Å². The summed E-state index contributed by atoms with van der Waals surface area (Å²) in [5, 5.41) is 10.7. The molecule has 2 aromatic rings. The van der Waals surface area contributed by atoms with Crippen LogP contribution in [-0.2, 0) is 0 Å². The third kappa shape index (κ3) is 1.13. The summed E-state index contributed by atoms with van der Waals surface area (Å²) in [6, 6.07) is 3.79. The van der Waals surface area contributed by atoms with Crippen molar-refractivity contribution in [2.75, 3.05) is 0 Å². The van der Waals surface area contributed by atoms with Crippen LogP contribution in [0.3, 0.4) is 0 Å². The summed E-state index contributed by atoms with van der Waals surface area (Å²) in [5.41, 5.74) is 0. The number of carboxylic acids is 1. The molecule has 56 valence electrons.